The first kappa shape index (κ1) is 8.62. The normalized spacial score (nSPS) is 31.9. The molecule has 0 aromatic carbocycles. The van der Waals surface area contributed by atoms with Gasteiger partial charge in [0.15, 0.2) is 5.78 Å². The summed E-state index contributed by atoms with van der Waals surface area (Å²) in [6.45, 7) is 0. The summed E-state index contributed by atoms with van der Waals surface area (Å²) in [5.41, 5.74) is 2.07. The van der Waals surface area contributed by atoms with Crippen LogP contribution in [-0.4, -0.2) is 18.0 Å². The van der Waals surface area contributed by atoms with E-state index in [1.54, 1.807) is 12.2 Å². The minimum Gasteiger partial charge on any atom is -0.353 e. The Labute approximate surface area is 87.9 Å². The lowest BCUT2D eigenvalue weighted by atomic mass is 9.91. The molecule has 2 nitrogen and oxygen atoms in total. The van der Waals surface area contributed by atoms with Crippen molar-refractivity contribution < 1.29 is 9.53 Å². The quantitative estimate of drug-likeness (QED) is 0.594. The van der Waals surface area contributed by atoms with Gasteiger partial charge in [0.05, 0.1) is 0 Å². The lowest BCUT2D eigenvalue weighted by molar-refractivity contribution is -0.124. The molecule has 0 aromatic rings. The second-order valence-corrected chi connectivity index (χ2v) is 3.75. The average Bonchev–Trinajstić information content (AvgIpc) is 2.27. The fourth-order valence-corrected chi connectivity index (χ4v) is 1.99. The molecule has 0 amide bonds. The molecule has 2 heteroatoms. The standard InChI is InChI=1S/C13H10O2/c14-11-6-3-5-10-8-9-4-1-2-7-12(9)15-13(10)11/h1-8,12-13H. The van der Waals surface area contributed by atoms with Gasteiger partial charge < -0.3 is 4.74 Å². The minimum atomic E-state index is -0.403. The number of hydrogen-bond donors (Lipinski definition) is 0. The van der Waals surface area contributed by atoms with Gasteiger partial charge in [0.2, 0.25) is 0 Å². The van der Waals surface area contributed by atoms with Crippen LogP contribution < -0.4 is 0 Å². The van der Waals surface area contributed by atoms with Gasteiger partial charge in [-0.25, -0.2) is 0 Å². The van der Waals surface area contributed by atoms with E-state index in [-0.39, 0.29) is 11.9 Å². The van der Waals surface area contributed by atoms with E-state index in [1.165, 1.54) is 0 Å². The van der Waals surface area contributed by atoms with Crippen LogP contribution in [0.1, 0.15) is 0 Å². The summed E-state index contributed by atoms with van der Waals surface area (Å²) in [6, 6.07) is 0. The molecule has 2 unspecified atom stereocenters. The van der Waals surface area contributed by atoms with Crippen LogP contribution in [0.25, 0.3) is 0 Å². The third-order valence-electron chi connectivity index (χ3n) is 2.74. The van der Waals surface area contributed by atoms with Crippen molar-refractivity contribution >= 4 is 5.78 Å². The van der Waals surface area contributed by atoms with Gasteiger partial charge in [-0.1, -0.05) is 36.5 Å². The van der Waals surface area contributed by atoms with Gasteiger partial charge >= 0.3 is 0 Å². The first-order chi connectivity index (χ1) is 7.34. The number of ketones is 1. The minimum absolute atomic E-state index is 0.0331. The lowest BCUT2D eigenvalue weighted by Gasteiger charge is -2.30. The highest BCUT2D eigenvalue weighted by Gasteiger charge is 2.31. The number of hydrogen-bond acceptors (Lipinski definition) is 2. The molecular weight excluding hydrogens is 188 g/mol. The highest BCUT2D eigenvalue weighted by Crippen LogP contribution is 2.29. The van der Waals surface area contributed by atoms with Gasteiger partial charge in [0.25, 0.3) is 0 Å². The number of ether oxygens (including phenoxy) is 1. The molecule has 0 N–H and O–H groups in total. The summed E-state index contributed by atoms with van der Waals surface area (Å²) in [5.74, 6) is 0.0331. The van der Waals surface area contributed by atoms with Gasteiger partial charge in [-0.15, -0.1) is 0 Å². The molecule has 0 saturated carbocycles. The van der Waals surface area contributed by atoms with Crippen LogP contribution in [0.3, 0.4) is 0 Å². The Bertz CT molecular complexity index is 461. The van der Waals surface area contributed by atoms with Crippen LogP contribution in [0, 0.1) is 0 Å². The van der Waals surface area contributed by atoms with Crippen LogP contribution in [-0.2, 0) is 9.53 Å². The van der Waals surface area contributed by atoms with Crippen LogP contribution >= 0.6 is 0 Å². The second kappa shape index (κ2) is 3.17. The third kappa shape index (κ3) is 1.34. The molecule has 2 aliphatic carbocycles. The van der Waals surface area contributed by atoms with Crippen molar-refractivity contribution in [3.63, 3.8) is 0 Å². The second-order valence-electron chi connectivity index (χ2n) is 3.75. The van der Waals surface area contributed by atoms with Crippen molar-refractivity contribution in [2.24, 2.45) is 0 Å². The van der Waals surface area contributed by atoms with E-state index < -0.39 is 6.10 Å². The highest BCUT2D eigenvalue weighted by molar-refractivity contribution is 5.98. The van der Waals surface area contributed by atoms with Gasteiger partial charge in [0.1, 0.15) is 12.2 Å². The summed E-state index contributed by atoms with van der Waals surface area (Å²) in [6.07, 6.45) is 14.8. The summed E-state index contributed by atoms with van der Waals surface area (Å²) >= 11 is 0. The smallest absolute Gasteiger partial charge is 0.188 e. The maximum Gasteiger partial charge on any atom is 0.188 e. The number of carbonyl (C=O) groups excluding carboxylic acids is 1. The molecule has 2 atom stereocenters. The fourth-order valence-electron chi connectivity index (χ4n) is 1.99. The maximum absolute atomic E-state index is 11.6. The first-order valence-electron chi connectivity index (χ1n) is 4.98. The van der Waals surface area contributed by atoms with Crippen LogP contribution in [0.5, 0.6) is 0 Å². The van der Waals surface area contributed by atoms with Crippen LogP contribution in [0.4, 0.5) is 0 Å². The summed E-state index contributed by atoms with van der Waals surface area (Å²) < 4.78 is 5.73. The van der Waals surface area contributed by atoms with Gasteiger partial charge in [0, 0.05) is 0 Å². The molecule has 0 spiro atoms. The van der Waals surface area contributed by atoms with Gasteiger partial charge in [-0.05, 0) is 23.3 Å². The van der Waals surface area contributed by atoms with Crippen molar-refractivity contribution in [2.45, 2.75) is 12.2 Å². The molecule has 1 aliphatic heterocycles. The Morgan fingerprint density at radius 2 is 2.00 bits per heavy atom. The van der Waals surface area contributed by atoms with E-state index in [9.17, 15) is 4.79 Å². The van der Waals surface area contributed by atoms with Crippen molar-refractivity contribution in [2.75, 3.05) is 0 Å². The van der Waals surface area contributed by atoms with Crippen molar-refractivity contribution in [1.82, 2.24) is 0 Å². The van der Waals surface area contributed by atoms with Crippen molar-refractivity contribution in [3.8, 4) is 0 Å². The Morgan fingerprint density at radius 1 is 1.07 bits per heavy atom. The Balaban J connectivity index is 2.05. The molecule has 15 heavy (non-hydrogen) atoms. The zero-order valence-corrected chi connectivity index (χ0v) is 8.09. The molecule has 0 radical (unpaired) electrons. The highest BCUT2D eigenvalue weighted by atomic mass is 16.5. The van der Waals surface area contributed by atoms with E-state index in [4.69, 9.17) is 4.74 Å². The number of allylic oxidation sites excluding steroid dienone is 4. The predicted molar refractivity (Wildman–Crippen MR) is 57.3 cm³/mol. The zero-order valence-electron chi connectivity index (χ0n) is 8.09. The van der Waals surface area contributed by atoms with Crippen LogP contribution in [0.15, 0.2) is 59.8 Å². The van der Waals surface area contributed by atoms with E-state index in [2.05, 4.69) is 0 Å². The van der Waals surface area contributed by atoms with E-state index in [0.717, 1.165) is 11.1 Å². The molecule has 1 heterocycles. The van der Waals surface area contributed by atoms with E-state index in [0.29, 0.717) is 0 Å². The number of fused-ring (bicyclic) bond motifs is 2. The molecule has 3 rings (SSSR count). The summed E-state index contributed by atoms with van der Waals surface area (Å²) in [5, 5.41) is 0. The third-order valence-corrected chi connectivity index (χ3v) is 2.74. The first-order valence-corrected chi connectivity index (χ1v) is 4.98. The Morgan fingerprint density at radius 3 is 2.93 bits per heavy atom. The van der Waals surface area contributed by atoms with Crippen molar-refractivity contribution in [1.29, 1.82) is 0 Å². The van der Waals surface area contributed by atoms with Gasteiger partial charge in [-0.3, -0.25) is 4.79 Å². The monoisotopic (exact) mass is 198 g/mol. The fraction of sp³-hybridized carbons (Fsp3) is 0.154. The number of carbonyl (C=O) groups is 1. The SMILES string of the molecule is O=C1C=CC=C2C=C3C=CC=CC3OC12. The Hall–Kier alpha value is -1.67. The van der Waals surface area contributed by atoms with Gasteiger partial charge in [-0.2, -0.15) is 0 Å². The van der Waals surface area contributed by atoms with E-state index >= 15 is 0 Å². The average molecular weight is 198 g/mol. The molecule has 0 aromatic heterocycles. The summed E-state index contributed by atoms with van der Waals surface area (Å²) in [7, 11) is 0. The van der Waals surface area contributed by atoms with E-state index in [1.807, 2.05) is 36.5 Å². The molecular formula is C13H10O2. The molecule has 0 fully saturated rings. The summed E-state index contributed by atoms with van der Waals surface area (Å²) in [4.78, 5) is 11.6. The zero-order chi connectivity index (χ0) is 10.3. The van der Waals surface area contributed by atoms with Crippen LogP contribution in [0.2, 0.25) is 0 Å². The lowest BCUT2D eigenvalue weighted by Crippen LogP contribution is -2.35. The molecule has 74 valence electrons. The topological polar surface area (TPSA) is 26.3 Å². The maximum atomic E-state index is 11.6. The molecule has 3 aliphatic rings. The molecule has 0 saturated heterocycles. The van der Waals surface area contributed by atoms with Crippen molar-refractivity contribution in [3.05, 3.63) is 59.8 Å². The number of rotatable bonds is 0. The Kier molecular flexibility index (Phi) is 1.82. The predicted octanol–water partition coefficient (Wildman–Crippen LogP) is 1.87. The largest absolute Gasteiger partial charge is 0.353 e. The molecule has 0 bridgehead atoms.